The van der Waals surface area contributed by atoms with E-state index >= 15 is 0 Å². The minimum absolute atomic E-state index is 0.0862. The van der Waals surface area contributed by atoms with Crippen molar-refractivity contribution in [2.24, 2.45) is 5.92 Å². The van der Waals surface area contributed by atoms with E-state index in [9.17, 15) is 9.59 Å². The maximum Gasteiger partial charge on any atom is 0.166 e. The smallest absolute Gasteiger partial charge is 0.166 e. The van der Waals surface area contributed by atoms with Crippen molar-refractivity contribution >= 4 is 11.6 Å². The van der Waals surface area contributed by atoms with Gasteiger partial charge in [0.2, 0.25) is 0 Å². The van der Waals surface area contributed by atoms with Crippen LogP contribution in [0.2, 0.25) is 0 Å². The van der Waals surface area contributed by atoms with Crippen molar-refractivity contribution in [3.05, 3.63) is 107 Å². The fraction of sp³-hybridized carbons (Fsp3) is 0.120. The van der Waals surface area contributed by atoms with Gasteiger partial charge in [-0.2, -0.15) is 10.5 Å². The molecule has 3 aromatic carbocycles. The van der Waals surface area contributed by atoms with Crippen molar-refractivity contribution in [1.82, 2.24) is 0 Å². The van der Waals surface area contributed by atoms with E-state index in [0.29, 0.717) is 28.7 Å². The molecule has 0 fully saturated rings. The molecule has 0 aliphatic rings. The molecule has 0 aliphatic heterocycles. The van der Waals surface area contributed by atoms with Gasteiger partial charge in [0.25, 0.3) is 0 Å². The highest BCUT2D eigenvalue weighted by Crippen LogP contribution is 2.21. The first-order chi connectivity index (χ1) is 14.1. The van der Waals surface area contributed by atoms with Crippen LogP contribution in [0, 0.1) is 28.6 Å². The van der Waals surface area contributed by atoms with Crippen LogP contribution in [-0.4, -0.2) is 11.6 Å². The van der Waals surface area contributed by atoms with Gasteiger partial charge in [0, 0.05) is 23.5 Å². The van der Waals surface area contributed by atoms with Crippen molar-refractivity contribution in [3.8, 4) is 12.1 Å². The molecule has 4 nitrogen and oxygen atoms in total. The molecular weight excluding hydrogens is 360 g/mol. The van der Waals surface area contributed by atoms with Gasteiger partial charge in [-0.25, -0.2) is 0 Å². The van der Waals surface area contributed by atoms with Gasteiger partial charge in [-0.3, -0.25) is 9.59 Å². The highest BCUT2D eigenvalue weighted by atomic mass is 16.1. The molecule has 3 aromatic rings. The van der Waals surface area contributed by atoms with E-state index in [-0.39, 0.29) is 18.0 Å². The SMILES string of the molecule is N#Cc1ccc(CC(CC(=O)c2ccccc2)C(=O)c2ccc(C#N)cc2)cc1. The summed E-state index contributed by atoms with van der Waals surface area (Å²) in [6.45, 7) is 0. The molecule has 0 heterocycles. The van der Waals surface area contributed by atoms with Crippen molar-refractivity contribution in [2.45, 2.75) is 12.8 Å². The maximum absolute atomic E-state index is 13.2. The van der Waals surface area contributed by atoms with Gasteiger partial charge in [0.15, 0.2) is 11.6 Å². The Bertz CT molecular complexity index is 1090. The quantitative estimate of drug-likeness (QED) is 0.556. The van der Waals surface area contributed by atoms with Gasteiger partial charge in [0.1, 0.15) is 0 Å². The minimum Gasteiger partial charge on any atom is -0.294 e. The molecule has 0 saturated heterocycles. The van der Waals surface area contributed by atoms with Crippen molar-refractivity contribution in [3.63, 3.8) is 0 Å². The fourth-order valence-electron chi connectivity index (χ4n) is 3.17. The maximum atomic E-state index is 13.2. The molecule has 1 unspecified atom stereocenters. The molecule has 0 saturated carbocycles. The molecule has 29 heavy (non-hydrogen) atoms. The van der Waals surface area contributed by atoms with E-state index in [0.717, 1.165) is 5.56 Å². The van der Waals surface area contributed by atoms with E-state index in [1.165, 1.54) is 0 Å². The molecule has 0 radical (unpaired) electrons. The zero-order valence-electron chi connectivity index (χ0n) is 15.7. The van der Waals surface area contributed by atoms with Gasteiger partial charge in [-0.15, -0.1) is 0 Å². The number of nitriles is 2. The third-order valence-corrected chi connectivity index (χ3v) is 4.76. The van der Waals surface area contributed by atoms with Crippen molar-refractivity contribution in [1.29, 1.82) is 10.5 Å². The number of nitrogens with zero attached hydrogens (tertiary/aromatic N) is 2. The normalized spacial score (nSPS) is 11.1. The minimum atomic E-state index is -0.538. The Morgan fingerprint density at radius 2 is 1.28 bits per heavy atom. The number of hydrogen-bond acceptors (Lipinski definition) is 4. The zero-order valence-corrected chi connectivity index (χ0v) is 15.7. The van der Waals surface area contributed by atoms with Crippen LogP contribution in [0.25, 0.3) is 0 Å². The summed E-state index contributed by atoms with van der Waals surface area (Å²) in [5.74, 6) is -0.766. The van der Waals surface area contributed by atoms with Gasteiger partial charge in [-0.05, 0) is 36.2 Å². The third-order valence-electron chi connectivity index (χ3n) is 4.76. The summed E-state index contributed by atoms with van der Waals surface area (Å²) in [6, 6.07) is 26.5. The molecule has 0 spiro atoms. The van der Waals surface area contributed by atoms with Gasteiger partial charge < -0.3 is 0 Å². The Balaban J connectivity index is 1.86. The first-order valence-electron chi connectivity index (χ1n) is 9.22. The second-order valence-corrected chi connectivity index (χ2v) is 6.76. The lowest BCUT2D eigenvalue weighted by molar-refractivity contribution is 0.0851. The van der Waals surface area contributed by atoms with Crippen LogP contribution in [0.15, 0.2) is 78.9 Å². The molecule has 0 N–H and O–H groups in total. The van der Waals surface area contributed by atoms with Crippen LogP contribution in [-0.2, 0) is 6.42 Å². The Morgan fingerprint density at radius 1 is 0.724 bits per heavy atom. The van der Waals surface area contributed by atoms with Gasteiger partial charge in [-0.1, -0.05) is 54.6 Å². The van der Waals surface area contributed by atoms with E-state index in [1.807, 2.05) is 24.3 Å². The number of ketones is 2. The van der Waals surface area contributed by atoms with Crippen LogP contribution in [0.3, 0.4) is 0 Å². The van der Waals surface area contributed by atoms with E-state index in [2.05, 4.69) is 6.07 Å². The summed E-state index contributed by atoms with van der Waals surface area (Å²) < 4.78 is 0. The highest BCUT2D eigenvalue weighted by Gasteiger charge is 2.24. The van der Waals surface area contributed by atoms with E-state index in [4.69, 9.17) is 10.5 Å². The molecule has 3 rings (SSSR count). The second kappa shape index (κ2) is 9.26. The molecule has 0 aromatic heterocycles. The lowest BCUT2D eigenvalue weighted by atomic mass is 9.86. The largest absolute Gasteiger partial charge is 0.294 e. The van der Waals surface area contributed by atoms with Crippen LogP contribution in [0.4, 0.5) is 0 Å². The monoisotopic (exact) mass is 378 g/mol. The Kier molecular flexibility index (Phi) is 6.30. The predicted octanol–water partition coefficient (Wildman–Crippen LogP) is 4.74. The predicted molar refractivity (Wildman–Crippen MR) is 109 cm³/mol. The van der Waals surface area contributed by atoms with Gasteiger partial charge >= 0.3 is 0 Å². The summed E-state index contributed by atoms with van der Waals surface area (Å²) in [5.41, 5.74) is 2.96. The lowest BCUT2D eigenvalue weighted by Crippen LogP contribution is -2.21. The standard InChI is InChI=1S/C25H18N2O2/c26-16-19-8-6-18(7-9-19)14-23(15-24(28)21-4-2-1-3-5-21)25(29)22-12-10-20(17-27)11-13-22/h1-13,23H,14-15H2. The third kappa shape index (κ3) is 5.03. The van der Waals surface area contributed by atoms with E-state index in [1.54, 1.807) is 60.7 Å². The average molecular weight is 378 g/mol. The first-order valence-corrected chi connectivity index (χ1v) is 9.22. The number of hydrogen-bond donors (Lipinski definition) is 0. The lowest BCUT2D eigenvalue weighted by Gasteiger charge is -2.16. The number of carbonyl (C=O) groups excluding carboxylic acids is 2. The number of benzene rings is 3. The summed E-state index contributed by atoms with van der Waals surface area (Å²) in [6.07, 6.45) is 0.478. The van der Waals surface area contributed by atoms with Crippen LogP contribution in [0.1, 0.15) is 43.8 Å². The highest BCUT2D eigenvalue weighted by molar-refractivity contribution is 6.03. The summed E-state index contributed by atoms with van der Waals surface area (Å²) in [7, 11) is 0. The molecule has 140 valence electrons. The van der Waals surface area contributed by atoms with Crippen molar-refractivity contribution in [2.75, 3.05) is 0 Å². The fourth-order valence-corrected chi connectivity index (χ4v) is 3.17. The topological polar surface area (TPSA) is 81.7 Å². The van der Waals surface area contributed by atoms with Crippen molar-refractivity contribution < 1.29 is 9.59 Å². The Labute approximate surface area is 169 Å². The first kappa shape index (κ1) is 19.7. The molecule has 1 atom stereocenters. The molecule has 0 aliphatic carbocycles. The van der Waals surface area contributed by atoms with Crippen LogP contribution >= 0.6 is 0 Å². The second-order valence-electron chi connectivity index (χ2n) is 6.76. The van der Waals surface area contributed by atoms with Crippen LogP contribution in [0.5, 0.6) is 0 Å². The number of carbonyl (C=O) groups is 2. The Hall–Kier alpha value is -4.02. The number of rotatable bonds is 7. The molecule has 4 heteroatoms. The van der Waals surface area contributed by atoms with E-state index < -0.39 is 5.92 Å². The van der Waals surface area contributed by atoms with Crippen LogP contribution < -0.4 is 0 Å². The molecule has 0 amide bonds. The molecular formula is C25H18N2O2. The summed E-state index contributed by atoms with van der Waals surface area (Å²) in [4.78, 5) is 25.9. The van der Waals surface area contributed by atoms with Gasteiger partial charge in [0.05, 0.1) is 23.3 Å². The molecule has 0 bridgehead atoms. The average Bonchev–Trinajstić information content (AvgIpc) is 2.79. The number of Topliss-reactive ketones (excluding diaryl/α,β-unsaturated/α-hetero) is 2. The summed E-state index contributed by atoms with van der Waals surface area (Å²) >= 11 is 0. The Morgan fingerprint density at radius 3 is 1.83 bits per heavy atom. The zero-order chi connectivity index (χ0) is 20.6. The summed E-state index contributed by atoms with van der Waals surface area (Å²) in [5, 5.41) is 17.9.